The summed E-state index contributed by atoms with van der Waals surface area (Å²) in [5, 5.41) is 1.18. The molecule has 0 amide bonds. The van der Waals surface area contributed by atoms with E-state index in [9.17, 15) is 0 Å². The summed E-state index contributed by atoms with van der Waals surface area (Å²) in [7, 11) is 0. The van der Waals surface area contributed by atoms with Gasteiger partial charge >= 0.3 is 0 Å². The molecule has 0 fully saturated rings. The number of anilines is 2. The van der Waals surface area contributed by atoms with Crippen LogP contribution in [0.1, 0.15) is 0 Å². The van der Waals surface area contributed by atoms with Gasteiger partial charge in [-0.25, -0.2) is 5.84 Å². The van der Waals surface area contributed by atoms with Crippen molar-refractivity contribution in [1.29, 1.82) is 0 Å². The quantitative estimate of drug-likeness (QED) is 0.388. The van der Waals surface area contributed by atoms with E-state index in [2.05, 4.69) is 21.9 Å². The van der Waals surface area contributed by atoms with E-state index in [1.165, 1.54) is 5.23 Å². The highest BCUT2D eigenvalue weighted by molar-refractivity contribution is 5.41. The van der Waals surface area contributed by atoms with Gasteiger partial charge in [0.2, 0.25) is 0 Å². The molecule has 0 aliphatic carbocycles. The van der Waals surface area contributed by atoms with Crippen molar-refractivity contribution in [3.05, 3.63) is 60.7 Å². The molecular weight excluding hydrogens is 228 g/mol. The average Bonchev–Trinajstić information content (AvgIpc) is 2.45. The first-order valence-electron chi connectivity index (χ1n) is 5.53. The second-order valence-electron chi connectivity index (χ2n) is 3.58. The van der Waals surface area contributed by atoms with Crippen molar-refractivity contribution in [2.24, 2.45) is 5.84 Å². The number of nitrogens with two attached hydrogens (primary N) is 1. The van der Waals surface area contributed by atoms with Crippen LogP contribution in [0.15, 0.2) is 60.7 Å². The molecule has 0 radical (unpaired) electrons. The molecule has 0 aliphatic heterocycles. The first-order valence-corrected chi connectivity index (χ1v) is 5.53. The summed E-state index contributed by atoms with van der Waals surface area (Å²) >= 11 is 0. The molecule has 94 valence electrons. The number of para-hydroxylation sites is 2. The second-order valence-corrected chi connectivity index (χ2v) is 3.58. The van der Waals surface area contributed by atoms with Gasteiger partial charge in [-0.05, 0) is 24.3 Å². The smallest absolute Gasteiger partial charge is 0.0502 e. The third-order valence-corrected chi connectivity index (χ3v) is 2.19. The highest BCUT2D eigenvalue weighted by atomic mass is 16.0. The molecule has 2 aromatic carbocycles. The number of rotatable bonds is 6. The van der Waals surface area contributed by atoms with Crippen molar-refractivity contribution < 1.29 is 0 Å². The van der Waals surface area contributed by atoms with Gasteiger partial charge in [-0.3, -0.25) is 0 Å². The van der Waals surface area contributed by atoms with E-state index >= 15 is 0 Å². The number of nitrogens with one attached hydrogen (secondary N) is 4. The lowest BCUT2D eigenvalue weighted by molar-refractivity contribution is 0.146. The molecule has 2 rings (SSSR count). The lowest BCUT2D eigenvalue weighted by atomic mass is 10.3. The highest BCUT2D eigenvalue weighted by Crippen LogP contribution is 2.03. The molecule has 0 unspecified atom stereocenters. The number of hydrogen-bond acceptors (Lipinski definition) is 6. The largest absolute Gasteiger partial charge is 0.306 e. The van der Waals surface area contributed by atoms with Crippen molar-refractivity contribution in [1.82, 2.24) is 16.3 Å². The lowest BCUT2D eigenvalue weighted by Gasteiger charge is -2.20. The van der Waals surface area contributed by atoms with E-state index < -0.39 is 0 Å². The van der Waals surface area contributed by atoms with Crippen LogP contribution in [0.4, 0.5) is 11.4 Å². The Morgan fingerprint density at radius 1 is 0.667 bits per heavy atom. The molecule has 18 heavy (non-hydrogen) atoms. The van der Waals surface area contributed by atoms with Crippen LogP contribution in [0.5, 0.6) is 0 Å². The summed E-state index contributed by atoms with van der Waals surface area (Å²) in [5.74, 6) is 5.66. The van der Waals surface area contributed by atoms with Gasteiger partial charge in [-0.2, -0.15) is 0 Å². The minimum absolute atomic E-state index is 0.912. The Kier molecular flexibility index (Phi) is 4.51. The molecule has 0 saturated carbocycles. The van der Waals surface area contributed by atoms with Crippen LogP contribution in [0.3, 0.4) is 0 Å². The van der Waals surface area contributed by atoms with Gasteiger partial charge in [0.25, 0.3) is 0 Å². The van der Waals surface area contributed by atoms with E-state index in [1.807, 2.05) is 60.7 Å². The average molecular weight is 244 g/mol. The number of nitrogens with zero attached hydrogens (tertiary/aromatic N) is 1. The summed E-state index contributed by atoms with van der Waals surface area (Å²) in [6, 6.07) is 19.3. The maximum absolute atomic E-state index is 5.66. The van der Waals surface area contributed by atoms with E-state index in [4.69, 9.17) is 5.84 Å². The summed E-state index contributed by atoms with van der Waals surface area (Å²) in [6.07, 6.45) is 0. The van der Waals surface area contributed by atoms with Gasteiger partial charge < -0.3 is 10.9 Å². The van der Waals surface area contributed by atoms with Crippen LogP contribution < -0.4 is 27.8 Å². The molecule has 2 aromatic rings. The van der Waals surface area contributed by atoms with Crippen molar-refractivity contribution in [2.45, 2.75) is 0 Å². The van der Waals surface area contributed by atoms with Crippen LogP contribution >= 0.6 is 0 Å². The summed E-state index contributed by atoms with van der Waals surface area (Å²) in [5.41, 5.74) is 13.2. The molecule has 6 N–H and O–H groups in total. The first-order chi connectivity index (χ1) is 8.84. The zero-order valence-corrected chi connectivity index (χ0v) is 9.80. The zero-order chi connectivity index (χ0) is 12.6. The Bertz CT molecular complexity index is 403. The van der Waals surface area contributed by atoms with Crippen LogP contribution in [0.25, 0.3) is 0 Å². The van der Waals surface area contributed by atoms with Gasteiger partial charge in [-0.15, -0.1) is 11.1 Å². The van der Waals surface area contributed by atoms with Crippen LogP contribution in [0.2, 0.25) is 0 Å². The third-order valence-electron chi connectivity index (χ3n) is 2.19. The van der Waals surface area contributed by atoms with E-state index in [0.29, 0.717) is 0 Å². The Morgan fingerprint density at radius 2 is 1.06 bits per heavy atom. The van der Waals surface area contributed by atoms with Gasteiger partial charge in [0.05, 0.1) is 11.4 Å². The van der Waals surface area contributed by atoms with Gasteiger partial charge in [0, 0.05) is 0 Å². The SMILES string of the molecule is NN(NNc1ccccc1)NNc1ccccc1. The van der Waals surface area contributed by atoms with Crippen molar-refractivity contribution in [3.63, 3.8) is 0 Å². The van der Waals surface area contributed by atoms with Crippen LogP contribution in [0, 0.1) is 0 Å². The fourth-order valence-electron chi connectivity index (χ4n) is 1.32. The zero-order valence-electron chi connectivity index (χ0n) is 9.80. The van der Waals surface area contributed by atoms with Gasteiger partial charge in [-0.1, -0.05) is 41.6 Å². The fourth-order valence-corrected chi connectivity index (χ4v) is 1.32. The topological polar surface area (TPSA) is 77.4 Å². The van der Waals surface area contributed by atoms with Crippen molar-refractivity contribution in [3.8, 4) is 0 Å². The summed E-state index contributed by atoms with van der Waals surface area (Å²) in [6.45, 7) is 0. The molecule has 0 aliphatic rings. The fraction of sp³-hybridized carbons (Fsp3) is 0. The minimum Gasteiger partial charge on any atom is -0.306 e. The Balaban J connectivity index is 1.71. The maximum Gasteiger partial charge on any atom is 0.0502 e. The summed E-state index contributed by atoms with van der Waals surface area (Å²) in [4.78, 5) is 0. The molecule has 0 spiro atoms. The summed E-state index contributed by atoms with van der Waals surface area (Å²) < 4.78 is 0. The molecule has 0 aromatic heterocycles. The number of hydrogen-bond donors (Lipinski definition) is 5. The number of hydrazine groups is 5. The Labute approximate surface area is 106 Å². The second kappa shape index (κ2) is 6.58. The van der Waals surface area contributed by atoms with Gasteiger partial charge in [0.15, 0.2) is 0 Å². The van der Waals surface area contributed by atoms with E-state index in [0.717, 1.165) is 11.4 Å². The number of benzene rings is 2. The monoisotopic (exact) mass is 244 g/mol. The molecule has 0 heterocycles. The molecule has 6 heteroatoms. The van der Waals surface area contributed by atoms with E-state index in [-0.39, 0.29) is 0 Å². The first kappa shape index (κ1) is 12.3. The Hall–Kier alpha value is -2.12. The molecular formula is C12H16N6. The standard InChI is InChI=1S/C12H16N6/c13-18(16-14-11-7-3-1-4-8-11)17-15-12-9-5-2-6-10-12/h1-10,14-17H,13H2. The predicted octanol–water partition coefficient (Wildman–Crippen LogP) is 1.23. The van der Waals surface area contributed by atoms with Crippen LogP contribution in [-0.2, 0) is 0 Å². The lowest BCUT2D eigenvalue weighted by Crippen LogP contribution is -2.57. The normalized spacial score (nSPS) is 10.3. The highest BCUT2D eigenvalue weighted by Gasteiger charge is 1.95. The van der Waals surface area contributed by atoms with Gasteiger partial charge in [0.1, 0.15) is 0 Å². The molecule has 0 atom stereocenters. The predicted molar refractivity (Wildman–Crippen MR) is 72.4 cm³/mol. The van der Waals surface area contributed by atoms with Crippen LogP contribution in [-0.4, -0.2) is 5.23 Å². The molecule has 0 bridgehead atoms. The third kappa shape index (κ3) is 4.04. The van der Waals surface area contributed by atoms with Crippen molar-refractivity contribution in [2.75, 3.05) is 10.9 Å². The molecule has 0 saturated heterocycles. The maximum atomic E-state index is 5.66. The van der Waals surface area contributed by atoms with Crippen molar-refractivity contribution >= 4 is 11.4 Å². The van der Waals surface area contributed by atoms with E-state index in [1.54, 1.807) is 0 Å². The Morgan fingerprint density at radius 3 is 1.44 bits per heavy atom. The molecule has 6 nitrogen and oxygen atoms in total. The minimum atomic E-state index is 0.912.